The van der Waals surface area contributed by atoms with E-state index in [9.17, 15) is 0 Å². The van der Waals surface area contributed by atoms with Gasteiger partial charge in [-0.2, -0.15) is 0 Å². The number of hydrogen-bond acceptors (Lipinski definition) is 0. The molecule has 294 valence electrons. The largest absolute Gasteiger partial charge is 0.309 e. The smallest absolute Gasteiger partial charge is 0.0541 e. The van der Waals surface area contributed by atoms with Crippen molar-refractivity contribution in [2.24, 2.45) is 0 Å². The summed E-state index contributed by atoms with van der Waals surface area (Å²) in [5.74, 6) is 0. The van der Waals surface area contributed by atoms with Crippen LogP contribution in [0.3, 0.4) is 0 Å². The van der Waals surface area contributed by atoms with Crippen LogP contribution < -0.4 is 0 Å². The Hall–Kier alpha value is -8.26. The molecule has 0 saturated carbocycles. The van der Waals surface area contributed by atoms with E-state index in [2.05, 4.69) is 253 Å². The molecule has 0 fully saturated rings. The molecule has 0 N–H and O–H groups in total. The van der Waals surface area contributed by atoms with E-state index < -0.39 is 0 Å². The molecular formula is C62H41N. The second kappa shape index (κ2) is 15.3. The monoisotopic (exact) mass is 799 g/mol. The van der Waals surface area contributed by atoms with Gasteiger partial charge in [0, 0.05) is 16.5 Å². The second-order valence-corrected chi connectivity index (χ2v) is 16.4. The van der Waals surface area contributed by atoms with E-state index in [1.54, 1.807) is 0 Å². The third-order valence-electron chi connectivity index (χ3n) is 12.8. The first-order chi connectivity index (χ1) is 31.3. The SMILES string of the molecule is c1ccc(-c2ccccc2-c2ccc3c(c2)c2cc(-c4ccccc4-c4ccccc4)ccc2n3-c2ccc3c(-c4ccccc4)c4ccccc4c(-c4ccccc4)c3c2)cc1. The van der Waals surface area contributed by atoms with Gasteiger partial charge in [-0.05, 0) is 125 Å². The molecule has 0 radical (unpaired) electrons. The Morgan fingerprint density at radius 1 is 0.206 bits per heavy atom. The fraction of sp³-hybridized carbons (Fsp3) is 0. The zero-order chi connectivity index (χ0) is 41.7. The molecule has 1 heteroatoms. The molecule has 0 aliphatic heterocycles. The molecule has 0 aliphatic carbocycles. The standard InChI is InChI=1S/C62H41N/c1-5-19-42(20-6-1)49-27-13-15-29-51(49)46-33-37-59-56(39-46)57-40-47(52-30-16-14-28-50(52)43-21-7-2-8-22-43)34-38-60(57)63(59)48-35-36-55-58(41-48)62(45-25-11-4-12-26-45)54-32-18-17-31-53(54)61(55)44-23-9-3-10-24-44/h1-41H. The quantitative estimate of drug-likeness (QED) is 0.142. The van der Waals surface area contributed by atoms with Crippen molar-refractivity contribution in [3.05, 3.63) is 249 Å². The van der Waals surface area contributed by atoms with E-state index in [0.717, 1.165) is 5.69 Å². The molecular weight excluding hydrogens is 759 g/mol. The van der Waals surface area contributed by atoms with Gasteiger partial charge in [0.25, 0.3) is 0 Å². The third-order valence-corrected chi connectivity index (χ3v) is 12.8. The van der Waals surface area contributed by atoms with Crippen molar-refractivity contribution < 1.29 is 0 Å². The van der Waals surface area contributed by atoms with E-state index >= 15 is 0 Å². The molecule has 0 unspecified atom stereocenters. The van der Waals surface area contributed by atoms with Crippen LogP contribution >= 0.6 is 0 Å². The minimum absolute atomic E-state index is 1.13. The molecule has 0 amide bonds. The Balaban J connectivity index is 1.15. The fourth-order valence-corrected chi connectivity index (χ4v) is 9.98. The second-order valence-electron chi connectivity index (χ2n) is 16.4. The van der Waals surface area contributed by atoms with Crippen LogP contribution in [0.15, 0.2) is 249 Å². The number of hydrogen-bond donors (Lipinski definition) is 0. The van der Waals surface area contributed by atoms with Crippen LogP contribution in [-0.2, 0) is 0 Å². The molecule has 12 rings (SSSR count). The van der Waals surface area contributed by atoms with Crippen molar-refractivity contribution in [1.82, 2.24) is 4.57 Å². The normalized spacial score (nSPS) is 11.5. The van der Waals surface area contributed by atoms with E-state index in [0.29, 0.717) is 0 Å². The van der Waals surface area contributed by atoms with E-state index in [1.165, 1.54) is 110 Å². The topological polar surface area (TPSA) is 4.93 Å². The Morgan fingerprint density at radius 3 is 1.00 bits per heavy atom. The highest BCUT2D eigenvalue weighted by Gasteiger charge is 2.21. The predicted octanol–water partition coefficient (Wildman–Crippen LogP) is 17.1. The van der Waals surface area contributed by atoms with Gasteiger partial charge in [-0.1, -0.05) is 212 Å². The number of benzene rings is 11. The molecule has 1 nitrogen and oxygen atoms in total. The van der Waals surface area contributed by atoms with Crippen molar-refractivity contribution in [3.8, 4) is 72.4 Å². The van der Waals surface area contributed by atoms with Crippen molar-refractivity contribution in [3.63, 3.8) is 0 Å². The van der Waals surface area contributed by atoms with Crippen molar-refractivity contribution in [2.75, 3.05) is 0 Å². The van der Waals surface area contributed by atoms with Crippen LogP contribution in [0.1, 0.15) is 0 Å². The highest BCUT2D eigenvalue weighted by atomic mass is 15.0. The molecule has 0 aliphatic rings. The lowest BCUT2D eigenvalue weighted by Crippen LogP contribution is -1.96. The van der Waals surface area contributed by atoms with E-state index in [4.69, 9.17) is 0 Å². The molecule has 0 spiro atoms. The average molecular weight is 800 g/mol. The van der Waals surface area contributed by atoms with Crippen LogP contribution in [0.4, 0.5) is 0 Å². The molecule has 0 saturated heterocycles. The number of fused-ring (bicyclic) bond motifs is 5. The summed E-state index contributed by atoms with van der Waals surface area (Å²) in [6, 6.07) is 91.0. The minimum atomic E-state index is 1.13. The summed E-state index contributed by atoms with van der Waals surface area (Å²) < 4.78 is 2.48. The van der Waals surface area contributed by atoms with Gasteiger partial charge in [0.05, 0.1) is 11.0 Å². The fourth-order valence-electron chi connectivity index (χ4n) is 9.98. The molecule has 11 aromatic carbocycles. The average Bonchev–Trinajstić information content (AvgIpc) is 3.69. The van der Waals surface area contributed by atoms with Crippen LogP contribution in [0.5, 0.6) is 0 Å². The first-order valence-electron chi connectivity index (χ1n) is 21.8. The van der Waals surface area contributed by atoms with E-state index in [-0.39, 0.29) is 0 Å². The van der Waals surface area contributed by atoms with Gasteiger partial charge in [-0.3, -0.25) is 0 Å². The Kier molecular flexibility index (Phi) is 8.90. The molecule has 1 heterocycles. The summed E-state index contributed by atoms with van der Waals surface area (Å²) in [5, 5.41) is 7.41. The molecule has 0 bridgehead atoms. The number of nitrogens with zero attached hydrogens (tertiary/aromatic N) is 1. The van der Waals surface area contributed by atoms with Gasteiger partial charge in [-0.15, -0.1) is 0 Å². The van der Waals surface area contributed by atoms with Gasteiger partial charge in [0.2, 0.25) is 0 Å². The highest BCUT2D eigenvalue weighted by molar-refractivity contribution is 6.22. The van der Waals surface area contributed by atoms with Crippen LogP contribution in [-0.4, -0.2) is 4.57 Å². The summed E-state index contributed by atoms with van der Waals surface area (Å²) in [5.41, 5.74) is 18.1. The first-order valence-corrected chi connectivity index (χ1v) is 21.8. The first kappa shape index (κ1) is 36.6. The predicted molar refractivity (Wildman–Crippen MR) is 268 cm³/mol. The minimum Gasteiger partial charge on any atom is -0.309 e. The zero-order valence-electron chi connectivity index (χ0n) is 34.6. The van der Waals surface area contributed by atoms with Crippen LogP contribution in [0.25, 0.3) is 116 Å². The molecule has 12 aromatic rings. The highest BCUT2D eigenvalue weighted by Crippen LogP contribution is 2.46. The summed E-state index contributed by atoms with van der Waals surface area (Å²) >= 11 is 0. The maximum absolute atomic E-state index is 2.48. The summed E-state index contributed by atoms with van der Waals surface area (Å²) in [7, 11) is 0. The Bertz CT molecular complexity index is 3500. The zero-order valence-corrected chi connectivity index (χ0v) is 34.6. The number of aromatic nitrogens is 1. The van der Waals surface area contributed by atoms with Gasteiger partial charge >= 0.3 is 0 Å². The molecule has 1 aromatic heterocycles. The lowest BCUT2D eigenvalue weighted by Gasteiger charge is -2.19. The lowest BCUT2D eigenvalue weighted by molar-refractivity contribution is 1.19. The van der Waals surface area contributed by atoms with Crippen molar-refractivity contribution >= 4 is 43.4 Å². The van der Waals surface area contributed by atoms with Crippen molar-refractivity contribution in [1.29, 1.82) is 0 Å². The summed E-state index contributed by atoms with van der Waals surface area (Å²) in [6.45, 7) is 0. The lowest BCUT2D eigenvalue weighted by atomic mass is 9.86. The van der Waals surface area contributed by atoms with Crippen LogP contribution in [0, 0.1) is 0 Å². The van der Waals surface area contributed by atoms with Gasteiger partial charge in [-0.25, -0.2) is 0 Å². The van der Waals surface area contributed by atoms with Gasteiger partial charge < -0.3 is 4.57 Å². The Labute approximate surface area is 367 Å². The Morgan fingerprint density at radius 2 is 0.556 bits per heavy atom. The maximum atomic E-state index is 2.48. The van der Waals surface area contributed by atoms with E-state index in [1.807, 2.05) is 0 Å². The molecule has 0 atom stereocenters. The molecule has 63 heavy (non-hydrogen) atoms. The van der Waals surface area contributed by atoms with Crippen molar-refractivity contribution in [2.45, 2.75) is 0 Å². The number of rotatable bonds is 7. The third kappa shape index (κ3) is 6.25. The maximum Gasteiger partial charge on any atom is 0.0541 e. The van der Waals surface area contributed by atoms with Gasteiger partial charge in [0.15, 0.2) is 0 Å². The van der Waals surface area contributed by atoms with Crippen LogP contribution in [0.2, 0.25) is 0 Å². The summed E-state index contributed by atoms with van der Waals surface area (Å²) in [6.07, 6.45) is 0. The van der Waals surface area contributed by atoms with Gasteiger partial charge in [0.1, 0.15) is 0 Å². The summed E-state index contributed by atoms with van der Waals surface area (Å²) in [4.78, 5) is 0.